The fraction of sp³-hybridized carbons (Fsp3) is 0.818. The fourth-order valence-corrected chi connectivity index (χ4v) is 2.01. The van der Waals surface area contributed by atoms with E-state index in [4.69, 9.17) is 0 Å². The summed E-state index contributed by atoms with van der Waals surface area (Å²) in [5.74, 6) is -0.720. The van der Waals surface area contributed by atoms with Crippen LogP contribution in [0.3, 0.4) is 0 Å². The zero-order valence-corrected chi connectivity index (χ0v) is 9.12. The Labute approximate surface area is 89.6 Å². The Hall–Kier alpha value is -0.900. The molecule has 4 nitrogen and oxygen atoms in total. The number of carbonyl (C=O) groups is 2. The van der Waals surface area contributed by atoms with Crippen LogP contribution in [-0.4, -0.2) is 29.1 Å². The molecule has 1 fully saturated rings. The van der Waals surface area contributed by atoms with E-state index in [1.165, 1.54) is 0 Å². The van der Waals surface area contributed by atoms with Gasteiger partial charge in [-0.25, -0.2) is 0 Å². The van der Waals surface area contributed by atoms with Crippen molar-refractivity contribution in [3.8, 4) is 0 Å². The number of hydrogen-bond acceptors (Lipinski definition) is 4. The average Bonchev–Trinajstić information content (AvgIpc) is 2.51. The molecular formula is C11H18O4. The first-order valence-electron chi connectivity index (χ1n) is 5.45. The lowest BCUT2D eigenvalue weighted by Gasteiger charge is -2.20. The van der Waals surface area contributed by atoms with Crippen molar-refractivity contribution in [2.45, 2.75) is 51.0 Å². The van der Waals surface area contributed by atoms with E-state index in [1.807, 2.05) is 0 Å². The van der Waals surface area contributed by atoms with Gasteiger partial charge >= 0.3 is 5.97 Å². The van der Waals surface area contributed by atoms with E-state index in [9.17, 15) is 14.7 Å². The Morgan fingerprint density at radius 1 is 1.33 bits per heavy atom. The molecule has 0 saturated heterocycles. The number of carbonyl (C=O) groups excluding carboxylic acids is 2. The number of ether oxygens (including phenoxy) is 1. The monoisotopic (exact) mass is 214 g/mol. The molecule has 0 unspecified atom stereocenters. The van der Waals surface area contributed by atoms with Crippen molar-refractivity contribution in [3.05, 3.63) is 0 Å². The first-order valence-corrected chi connectivity index (χ1v) is 5.45. The maximum atomic E-state index is 11.4. The molecule has 0 aliphatic heterocycles. The SMILES string of the molecule is CCOC(=O)CC(=O)CC1(O)CCCC1. The van der Waals surface area contributed by atoms with Crippen LogP contribution in [-0.2, 0) is 14.3 Å². The van der Waals surface area contributed by atoms with E-state index in [-0.39, 0.29) is 25.2 Å². The number of rotatable bonds is 5. The highest BCUT2D eigenvalue weighted by Gasteiger charge is 2.33. The van der Waals surface area contributed by atoms with Gasteiger partial charge in [0.15, 0.2) is 0 Å². The first kappa shape index (κ1) is 12.2. The van der Waals surface area contributed by atoms with Gasteiger partial charge in [0, 0.05) is 6.42 Å². The largest absolute Gasteiger partial charge is 0.466 e. The highest BCUT2D eigenvalue weighted by Crippen LogP contribution is 2.32. The molecule has 0 bridgehead atoms. The molecular weight excluding hydrogens is 196 g/mol. The van der Waals surface area contributed by atoms with Gasteiger partial charge < -0.3 is 9.84 Å². The predicted octanol–water partition coefficient (Wildman–Crippen LogP) is 1.20. The minimum atomic E-state index is -0.858. The lowest BCUT2D eigenvalue weighted by molar-refractivity contribution is -0.146. The van der Waals surface area contributed by atoms with Gasteiger partial charge in [-0.1, -0.05) is 12.8 Å². The maximum Gasteiger partial charge on any atom is 0.313 e. The number of aliphatic hydroxyl groups is 1. The molecule has 15 heavy (non-hydrogen) atoms. The molecule has 0 spiro atoms. The number of esters is 1. The third kappa shape index (κ3) is 4.00. The molecule has 0 atom stereocenters. The fourth-order valence-electron chi connectivity index (χ4n) is 2.01. The third-order valence-electron chi connectivity index (χ3n) is 2.71. The molecule has 0 heterocycles. The van der Waals surface area contributed by atoms with Gasteiger partial charge in [0.1, 0.15) is 12.2 Å². The number of hydrogen-bond donors (Lipinski definition) is 1. The summed E-state index contributed by atoms with van der Waals surface area (Å²) in [6.45, 7) is 1.99. The molecule has 4 heteroatoms. The van der Waals surface area contributed by atoms with Crippen LogP contribution in [0.15, 0.2) is 0 Å². The molecule has 1 aliphatic carbocycles. The zero-order chi connectivity index (χ0) is 11.3. The Bertz CT molecular complexity index is 241. The van der Waals surface area contributed by atoms with Crippen LogP contribution in [0, 0.1) is 0 Å². The number of ketones is 1. The quantitative estimate of drug-likeness (QED) is 0.551. The summed E-state index contributed by atoms with van der Waals surface area (Å²) >= 11 is 0. The Kier molecular flexibility index (Phi) is 4.27. The van der Waals surface area contributed by atoms with Crippen molar-refractivity contribution in [2.75, 3.05) is 6.61 Å². The summed E-state index contributed by atoms with van der Waals surface area (Å²) in [5.41, 5.74) is -0.858. The van der Waals surface area contributed by atoms with Crippen LogP contribution >= 0.6 is 0 Å². The molecule has 1 aliphatic rings. The van der Waals surface area contributed by atoms with Crippen molar-refractivity contribution < 1.29 is 19.4 Å². The molecule has 0 aromatic carbocycles. The highest BCUT2D eigenvalue weighted by atomic mass is 16.5. The topological polar surface area (TPSA) is 63.6 Å². The molecule has 1 saturated carbocycles. The smallest absolute Gasteiger partial charge is 0.313 e. The van der Waals surface area contributed by atoms with E-state index in [0.717, 1.165) is 12.8 Å². The molecule has 86 valence electrons. The predicted molar refractivity (Wildman–Crippen MR) is 54.3 cm³/mol. The van der Waals surface area contributed by atoms with E-state index in [0.29, 0.717) is 12.8 Å². The second kappa shape index (κ2) is 5.26. The van der Waals surface area contributed by atoms with Gasteiger partial charge in [-0.15, -0.1) is 0 Å². The molecule has 0 aromatic rings. The van der Waals surface area contributed by atoms with Crippen molar-refractivity contribution in [2.24, 2.45) is 0 Å². The van der Waals surface area contributed by atoms with Crippen molar-refractivity contribution in [1.82, 2.24) is 0 Å². The van der Waals surface area contributed by atoms with Gasteiger partial charge in [0.05, 0.1) is 12.2 Å². The summed E-state index contributed by atoms with van der Waals surface area (Å²) in [5, 5.41) is 9.93. The minimum absolute atomic E-state index is 0.0891. The Morgan fingerprint density at radius 3 is 2.47 bits per heavy atom. The van der Waals surface area contributed by atoms with Gasteiger partial charge in [0.25, 0.3) is 0 Å². The second-order valence-corrected chi connectivity index (χ2v) is 4.13. The van der Waals surface area contributed by atoms with E-state index >= 15 is 0 Å². The molecule has 1 N–H and O–H groups in total. The standard InChI is InChI=1S/C11H18O4/c1-2-15-10(13)7-9(12)8-11(14)5-3-4-6-11/h14H,2-8H2,1H3. The van der Waals surface area contributed by atoms with Crippen LogP contribution in [0.2, 0.25) is 0 Å². The molecule has 0 amide bonds. The molecule has 0 aromatic heterocycles. The summed E-state index contributed by atoms with van der Waals surface area (Å²) in [7, 11) is 0. The highest BCUT2D eigenvalue weighted by molar-refractivity contribution is 5.95. The summed E-state index contributed by atoms with van der Waals surface area (Å²) in [6, 6.07) is 0. The first-order chi connectivity index (χ1) is 7.06. The Morgan fingerprint density at radius 2 is 1.93 bits per heavy atom. The van der Waals surface area contributed by atoms with Gasteiger partial charge in [-0.05, 0) is 19.8 Å². The van der Waals surface area contributed by atoms with Crippen LogP contribution in [0.5, 0.6) is 0 Å². The van der Waals surface area contributed by atoms with Crippen molar-refractivity contribution >= 4 is 11.8 Å². The average molecular weight is 214 g/mol. The molecule has 1 rings (SSSR count). The normalized spacial score (nSPS) is 18.8. The van der Waals surface area contributed by atoms with Crippen molar-refractivity contribution in [3.63, 3.8) is 0 Å². The van der Waals surface area contributed by atoms with E-state index < -0.39 is 11.6 Å². The Balaban J connectivity index is 2.32. The van der Waals surface area contributed by atoms with Gasteiger partial charge in [-0.3, -0.25) is 9.59 Å². The van der Waals surface area contributed by atoms with Crippen LogP contribution < -0.4 is 0 Å². The van der Waals surface area contributed by atoms with Gasteiger partial charge in [0.2, 0.25) is 0 Å². The summed E-state index contributed by atoms with van der Waals surface area (Å²) in [4.78, 5) is 22.4. The van der Waals surface area contributed by atoms with E-state index in [2.05, 4.69) is 4.74 Å². The zero-order valence-electron chi connectivity index (χ0n) is 9.12. The van der Waals surface area contributed by atoms with Crippen LogP contribution in [0.1, 0.15) is 45.4 Å². The van der Waals surface area contributed by atoms with Gasteiger partial charge in [-0.2, -0.15) is 0 Å². The van der Waals surface area contributed by atoms with Crippen LogP contribution in [0.4, 0.5) is 0 Å². The molecule has 0 radical (unpaired) electrons. The third-order valence-corrected chi connectivity index (χ3v) is 2.71. The second-order valence-electron chi connectivity index (χ2n) is 4.13. The van der Waals surface area contributed by atoms with Crippen LogP contribution in [0.25, 0.3) is 0 Å². The van der Waals surface area contributed by atoms with E-state index in [1.54, 1.807) is 6.92 Å². The summed E-state index contributed by atoms with van der Waals surface area (Å²) in [6.07, 6.45) is 3.14. The maximum absolute atomic E-state index is 11.4. The lowest BCUT2D eigenvalue weighted by atomic mass is 9.94. The summed E-state index contributed by atoms with van der Waals surface area (Å²) < 4.78 is 4.67. The minimum Gasteiger partial charge on any atom is -0.466 e. The lowest BCUT2D eigenvalue weighted by Crippen LogP contribution is -2.28. The number of Topliss-reactive ketones (excluding diaryl/α,β-unsaturated/α-hetero) is 1. The van der Waals surface area contributed by atoms with Crippen molar-refractivity contribution in [1.29, 1.82) is 0 Å².